The molecule has 0 aromatic carbocycles. The van der Waals surface area contributed by atoms with E-state index in [1.807, 2.05) is 0 Å². The van der Waals surface area contributed by atoms with E-state index in [4.69, 9.17) is 0 Å². The molecule has 0 rings (SSSR count). The minimum absolute atomic E-state index is 1.03. The van der Waals surface area contributed by atoms with E-state index in [0.717, 1.165) is 6.26 Å². The fourth-order valence-corrected chi connectivity index (χ4v) is 0.307. The third-order valence-corrected chi connectivity index (χ3v) is 0.625. The zero-order valence-corrected chi connectivity index (χ0v) is 4.37. The Bertz CT molecular complexity index is 74.1. The average molecular weight is 130 g/mol. The second kappa shape index (κ2) is 3.04. The maximum absolute atomic E-state index is 10.9. The molecular formula is C2H4F2O2S. The van der Waals surface area contributed by atoms with Gasteiger partial charge in [-0.25, -0.2) is 8.39 Å². The molecule has 1 unspecified atom stereocenters. The monoisotopic (exact) mass is 130 g/mol. The van der Waals surface area contributed by atoms with Crippen molar-refractivity contribution in [2.45, 2.75) is 6.61 Å². The van der Waals surface area contributed by atoms with Crippen LogP contribution in [0.25, 0.3) is 0 Å². The largest absolute Gasteiger partial charge is 0.357 e. The molecule has 5 heteroatoms. The van der Waals surface area contributed by atoms with E-state index >= 15 is 0 Å². The SMILES string of the molecule is CS(=O)OC(F)F. The normalized spacial score (nSPS) is 14.9. The van der Waals surface area contributed by atoms with Crippen LogP contribution in [0.3, 0.4) is 0 Å². The summed E-state index contributed by atoms with van der Waals surface area (Å²) in [5.74, 6) is 0. The van der Waals surface area contributed by atoms with Crippen LogP contribution in [0.15, 0.2) is 0 Å². The van der Waals surface area contributed by atoms with Gasteiger partial charge in [0.2, 0.25) is 0 Å². The molecule has 0 aliphatic carbocycles. The van der Waals surface area contributed by atoms with Crippen molar-refractivity contribution in [3.63, 3.8) is 0 Å². The summed E-state index contributed by atoms with van der Waals surface area (Å²) in [7, 11) is 0. The Morgan fingerprint density at radius 2 is 2.14 bits per heavy atom. The van der Waals surface area contributed by atoms with Crippen molar-refractivity contribution < 1.29 is 17.2 Å². The predicted octanol–water partition coefficient (Wildman–Crippen LogP) is 0.519. The summed E-state index contributed by atoms with van der Waals surface area (Å²) < 4.78 is 34.8. The average Bonchev–Trinajstić information content (AvgIpc) is 1.27. The zero-order valence-electron chi connectivity index (χ0n) is 3.56. The van der Waals surface area contributed by atoms with Crippen molar-refractivity contribution in [2.75, 3.05) is 6.26 Å². The van der Waals surface area contributed by atoms with Crippen LogP contribution in [-0.4, -0.2) is 17.1 Å². The third kappa shape index (κ3) is 5.97. The maximum Gasteiger partial charge on any atom is 0.357 e. The van der Waals surface area contributed by atoms with Gasteiger partial charge in [-0.2, -0.15) is 8.78 Å². The summed E-state index contributed by atoms with van der Waals surface area (Å²) >= 11 is -1.85. The van der Waals surface area contributed by atoms with Crippen molar-refractivity contribution in [1.29, 1.82) is 0 Å². The first-order valence-electron chi connectivity index (χ1n) is 1.41. The van der Waals surface area contributed by atoms with Gasteiger partial charge < -0.3 is 0 Å². The van der Waals surface area contributed by atoms with Crippen LogP contribution >= 0.6 is 0 Å². The number of rotatable bonds is 2. The predicted molar refractivity (Wildman–Crippen MR) is 21.2 cm³/mol. The molecule has 0 aliphatic rings. The Hall–Kier alpha value is -0.0300. The fourth-order valence-electron chi connectivity index (χ4n) is 0.102. The lowest BCUT2D eigenvalue weighted by molar-refractivity contribution is -0.0392. The van der Waals surface area contributed by atoms with Gasteiger partial charge in [-0.15, -0.1) is 0 Å². The first-order chi connectivity index (χ1) is 3.13. The number of hydrogen-bond acceptors (Lipinski definition) is 2. The van der Waals surface area contributed by atoms with Gasteiger partial charge in [0.05, 0.1) is 0 Å². The minimum atomic E-state index is -2.93. The smallest absolute Gasteiger partial charge is 0.230 e. The highest BCUT2D eigenvalue weighted by Crippen LogP contribution is 1.94. The Morgan fingerprint density at radius 3 is 2.14 bits per heavy atom. The number of alkyl halides is 2. The number of halogens is 2. The molecule has 0 aromatic heterocycles. The van der Waals surface area contributed by atoms with Crippen molar-refractivity contribution >= 4 is 11.1 Å². The highest BCUT2D eigenvalue weighted by atomic mass is 32.2. The molecule has 2 nitrogen and oxygen atoms in total. The van der Waals surface area contributed by atoms with Gasteiger partial charge in [0.1, 0.15) is 0 Å². The van der Waals surface area contributed by atoms with Crippen LogP contribution in [0.5, 0.6) is 0 Å². The van der Waals surface area contributed by atoms with Gasteiger partial charge in [-0.1, -0.05) is 0 Å². The highest BCUT2D eigenvalue weighted by molar-refractivity contribution is 7.79. The van der Waals surface area contributed by atoms with E-state index in [0.29, 0.717) is 0 Å². The topological polar surface area (TPSA) is 26.3 Å². The summed E-state index contributed by atoms with van der Waals surface area (Å²) in [5, 5.41) is 0. The molecule has 0 radical (unpaired) electrons. The van der Waals surface area contributed by atoms with Gasteiger partial charge in [0.15, 0.2) is 11.1 Å². The molecule has 1 atom stereocenters. The maximum atomic E-state index is 10.9. The second-order valence-corrected chi connectivity index (χ2v) is 1.75. The van der Waals surface area contributed by atoms with Gasteiger partial charge in [0, 0.05) is 6.26 Å². The summed E-state index contributed by atoms with van der Waals surface area (Å²) in [6.45, 7) is -2.93. The highest BCUT2D eigenvalue weighted by Gasteiger charge is 2.01. The van der Waals surface area contributed by atoms with E-state index in [-0.39, 0.29) is 0 Å². The Morgan fingerprint density at radius 1 is 1.71 bits per heavy atom. The molecule has 0 saturated carbocycles. The third-order valence-electron chi connectivity index (χ3n) is 0.208. The molecule has 0 fully saturated rings. The molecular weight excluding hydrogens is 126 g/mol. The first-order valence-corrected chi connectivity index (χ1v) is 2.90. The Balaban J connectivity index is 3.13. The van der Waals surface area contributed by atoms with E-state index < -0.39 is 17.7 Å². The minimum Gasteiger partial charge on any atom is -0.230 e. The van der Waals surface area contributed by atoms with Gasteiger partial charge >= 0.3 is 6.61 Å². The van der Waals surface area contributed by atoms with Crippen molar-refractivity contribution in [1.82, 2.24) is 0 Å². The van der Waals surface area contributed by atoms with Crippen molar-refractivity contribution in [3.05, 3.63) is 0 Å². The van der Waals surface area contributed by atoms with Gasteiger partial charge in [0.25, 0.3) is 0 Å². The van der Waals surface area contributed by atoms with Crippen LogP contribution in [0.4, 0.5) is 8.78 Å². The van der Waals surface area contributed by atoms with E-state index in [1.54, 1.807) is 0 Å². The van der Waals surface area contributed by atoms with Crippen molar-refractivity contribution in [3.8, 4) is 0 Å². The van der Waals surface area contributed by atoms with Gasteiger partial charge in [-0.05, 0) is 0 Å². The Labute approximate surface area is 42.1 Å². The zero-order chi connectivity index (χ0) is 5.86. The molecule has 0 N–H and O–H groups in total. The molecule has 0 heterocycles. The lowest BCUT2D eigenvalue weighted by atomic mass is 11.5. The van der Waals surface area contributed by atoms with Crippen molar-refractivity contribution in [2.24, 2.45) is 0 Å². The Kier molecular flexibility index (Phi) is 3.02. The lowest BCUT2D eigenvalue weighted by Gasteiger charge is -1.91. The molecule has 0 spiro atoms. The first kappa shape index (κ1) is 6.97. The molecule has 7 heavy (non-hydrogen) atoms. The summed E-state index contributed by atoms with van der Waals surface area (Å²) in [5.41, 5.74) is 0. The van der Waals surface area contributed by atoms with Crippen LogP contribution in [0.2, 0.25) is 0 Å². The summed E-state index contributed by atoms with van der Waals surface area (Å²) in [6.07, 6.45) is 1.03. The van der Waals surface area contributed by atoms with Crippen LogP contribution in [-0.2, 0) is 15.3 Å². The molecule has 0 aromatic rings. The quantitative estimate of drug-likeness (QED) is 0.544. The van der Waals surface area contributed by atoms with Crippen LogP contribution < -0.4 is 0 Å². The molecule has 0 aliphatic heterocycles. The number of hydrogen-bond donors (Lipinski definition) is 0. The van der Waals surface area contributed by atoms with Crippen LogP contribution in [0.1, 0.15) is 0 Å². The van der Waals surface area contributed by atoms with Crippen LogP contribution in [0, 0.1) is 0 Å². The second-order valence-electron chi connectivity index (χ2n) is 0.758. The molecule has 0 saturated heterocycles. The van der Waals surface area contributed by atoms with E-state index in [9.17, 15) is 13.0 Å². The molecule has 0 bridgehead atoms. The molecule has 0 amide bonds. The van der Waals surface area contributed by atoms with E-state index in [1.165, 1.54) is 0 Å². The van der Waals surface area contributed by atoms with Gasteiger partial charge in [-0.3, -0.25) is 0 Å². The lowest BCUT2D eigenvalue weighted by Crippen LogP contribution is -1.99. The summed E-state index contributed by atoms with van der Waals surface area (Å²) in [6, 6.07) is 0. The van der Waals surface area contributed by atoms with E-state index in [2.05, 4.69) is 4.18 Å². The fraction of sp³-hybridized carbons (Fsp3) is 1.00. The molecule has 44 valence electrons. The standard InChI is InChI=1S/C2H4F2O2S/c1-7(5)6-2(3)4/h2H,1H3. The summed E-state index contributed by atoms with van der Waals surface area (Å²) in [4.78, 5) is 0.